The highest BCUT2D eigenvalue weighted by Gasteiger charge is 2.11. The van der Waals surface area contributed by atoms with Gasteiger partial charge >= 0.3 is 0 Å². The van der Waals surface area contributed by atoms with E-state index in [2.05, 4.69) is 24.9 Å². The van der Waals surface area contributed by atoms with E-state index in [1.165, 1.54) is 6.33 Å². The molecule has 0 bridgehead atoms. The topological polar surface area (TPSA) is 116 Å². The molecule has 3 rings (SSSR count). The summed E-state index contributed by atoms with van der Waals surface area (Å²) >= 11 is 0. The number of fused-ring (bicyclic) bond motifs is 3. The smallest absolute Gasteiger partial charge is 0.263 e. The first-order valence-corrected chi connectivity index (χ1v) is 3.96. The van der Waals surface area contributed by atoms with E-state index < -0.39 is 0 Å². The molecule has 0 fully saturated rings. The van der Waals surface area contributed by atoms with Gasteiger partial charge < -0.3 is 15.7 Å². The minimum atomic E-state index is -0.275. The van der Waals surface area contributed by atoms with Gasteiger partial charge in [-0.15, -0.1) is 0 Å². The highest BCUT2D eigenvalue weighted by Crippen LogP contribution is 2.16. The van der Waals surface area contributed by atoms with Gasteiger partial charge in [0.05, 0.1) is 11.8 Å². The minimum Gasteiger partial charge on any atom is -0.369 e. The van der Waals surface area contributed by atoms with E-state index in [0.29, 0.717) is 22.2 Å². The predicted molar refractivity (Wildman–Crippen MR) is 50.8 cm³/mol. The lowest BCUT2D eigenvalue weighted by Gasteiger charge is -1.91. The molecule has 0 saturated heterocycles. The molecular weight excluding hydrogens is 184 g/mol. The monoisotopic (exact) mass is 190 g/mol. The molecule has 7 heteroatoms. The van der Waals surface area contributed by atoms with E-state index in [4.69, 9.17) is 5.73 Å². The average molecular weight is 190 g/mol. The van der Waals surface area contributed by atoms with Crippen LogP contribution in [0.25, 0.3) is 22.2 Å². The number of aromatic amines is 3. The third-order valence-electron chi connectivity index (χ3n) is 2.06. The molecule has 3 aromatic rings. The maximum atomic E-state index is 11.5. The van der Waals surface area contributed by atoms with Crippen LogP contribution in [0, 0.1) is 0 Å². The van der Waals surface area contributed by atoms with E-state index in [1.807, 2.05) is 0 Å². The van der Waals surface area contributed by atoms with Crippen molar-refractivity contribution in [2.75, 3.05) is 5.73 Å². The Morgan fingerprint density at radius 3 is 3.00 bits per heavy atom. The van der Waals surface area contributed by atoms with Crippen LogP contribution in [0.2, 0.25) is 0 Å². The molecule has 0 saturated carbocycles. The van der Waals surface area contributed by atoms with Gasteiger partial charge in [-0.3, -0.25) is 9.78 Å². The molecule has 5 N–H and O–H groups in total. The molecule has 0 aliphatic heterocycles. The molecule has 0 aromatic carbocycles. The van der Waals surface area contributed by atoms with Crippen molar-refractivity contribution >= 4 is 28.1 Å². The Labute approximate surface area is 76.4 Å². The van der Waals surface area contributed by atoms with E-state index in [-0.39, 0.29) is 11.5 Å². The highest BCUT2D eigenvalue weighted by molar-refractivity contribution is 6.01. The second-order valence-corrected chi connectivity index (χ2v) is 2.93. The summed E-state index contributed by atoms with van der Waals surface area (Å²) in [6, 6.07) is 0. The van der Waals surface area contributed by atoms with Gasteiger partial charge in [0.25, 0.3) is 5.56 Å². The summed E-state index contributed by atoms with van der Waals surface area (Å²) in [5.74, 6) is 0.0893. The van der Waals surface area contributed by atoms with Crippen LogP contribution in [-0.2, 0) is 0 Å². The molecule has 0 aliphatic rings. The minimum absolute atomic E-state index is 0.0893. The standard InChI is InChI=1S/C7H6N6O/c8-7-12-4-2(6(14)13-7)3-5(11-4)10-1-9-3/h1H,(H,9,10)(H4,8,11,12,13,14). The number of rotatable bonds is 0. The fourth-order valence-corrected chi connectivity index (χ4v) is 1.50. The molecule has 0 aliphatic carbocycles. The van der Waals surface area contributed by atoms with Gasteiger partial charge in [0.1, 0.15) is 5.39 Å². The van der Waals surface area contributed by atoms with Crippen molar-refractivity contribution in [2.24, 2.45) is 0 Å². The summed E-state index contributed by atoms with van der Waals surface area (Å²) in [4.78, 5) is 27.6. The first-order valence-electron chi connectivity index (χ1n) is 3.96. The van der Waals surface area contributed by atoms with Gasteiger partial charge in [-0.1, -0.05) is 0 Å². The molecule has 0 atom stereocenters. The lowest BCUT2D eigenvalue weighted by molar-refractivity contribution is 1.17. The summed E-state index contributed by atoms with van der Waals surface area (Å²) in [6.45, 7) is 0. The largest absolute Gasteiger partial charge is 0.369 e. The Balaban J connectivity index is 2.69. The van der Waals surface area contributed by atoms with Crippen molar-refractivity contribution in [3.8, 4) is 0 Å². The van der Waals surface area contributed by atoms with E-state index in [9.17, 15) is 4.79 Å². The number of anilines is 1. The van der Waals surface area contributed by atoms with Crippen molar-refractivity contribution in [3.05, 3.63) is 16.7 Å². The number of imidazole rings is 1. The number of nitrogens with zero attached hydrogens (tertiary/aromatic N) is 2. The Morgan fingerprint density at radius 1 is 1.29 bits per heavy atom. The van der Waals surface area contributed by atoms with E-state index >= 15 is 0 Å². The molecule has 0 spiro atoms. The molecule has 3 heterocycles. The first kappa shape index (κ1) is 7.13. The van der Waals surface area contributed by atoms with Crippen LogP contribution in [0.5, 0.6) is 0 Å². The first-order chi connectivity index (χ1) is 6.75. The summed E-state index contributed by atoms with van der Waals surface area (Å²) in [5.41, 5.74) is 6.82. The van der Waals surface area contributed by atoms with Crippen molar-refractivity contribution in [1.82, 2.24) is 24.9 Å². The lowest BCUT2D eigenvalue weighted by Crippen LogP contribution is -2.10. The SMILES string of the molecule is Nc1nc2[nH]c3nc[nH]c3c2c(=O)[nH]1. The predicted octanol–water partition coefficient (Wildman–Crippen LogP) is -0.290. The Hall–Kier alpha value is -2.31. The second kappa shape index (κ2) is 2.13. The van der Waals surface area contributed by atoms with Gasteiger partial charge in [0.2, 0.25) is 5.95 Å². The van der Waals surface area contributed by atoms with Crippen molar-refractivity contribution < 1.29 is 0 Å². The van der Waals surface area contributed by atoms with Crippen LogP contribution in [0.1, 0.15) is 0 Å². The zero-order chi connectivity index (χ0) is 9.71. The normalized spacial score (nSPS) is 11.4. The maximum Gasteiger partial charge on any atom is 0.263 e. The van der Waals surface area contributed by atoms with Gasteiger partial charge in [-0.2, -0.15) is 4.98 Å². The van der Waals surface area contributed by atoms with Crippen LogP contribution < -0.4 is 11.3 Å². The Bertz CT molecular complexity index is 674. The zero-order valence-electron chi connectivity index (χ0n) is 6.96. The molecule has 3 aromatic heterocycles. The lowest BCUT2D eigenvalue weighted by atomic mass is 10.4. The number of nitrogens with one attached hydrogen (secondary N) is 3. The van der Waals surface area contributed by atoms with Gasteiger partial charge in [-0.25, -0.2) is 4.98 Å². The third kappa shape index (κ3) is 0.729. The summed E-state index contributed by atoms with van der Waals surface area (Å²) < 4.78 is 0. The van der Waals surface area contributed by atoms with Crippen molar-refractivity contribution in [3.63, 3.8) is 0 Å². The van der Waals surface area contributed by atoms with Gasteiger partial charge in [-0.05, 0) is 0 Å². The molecule has 0 unspecified atom stereocenters. The maximum absolute atomic E-state index is 11.5. The quantitative estimate of drug-likeness (QED) is 0.389. The fourth-order valence-electron chi connectivity index (χ4n) is 1.50. The van der Waals surface area contributed by atoms with Crippen molar-refractivity contribution in [2.45, 2.75) is 0 Å². The number of nitrogens with two attached hydrogens (primary N) is 1. The number of nitrogen functional groups attached to an aromatic ring is 1. The van der Waals surface area contributed by atoms with Crippen LogP contribution >= 0.6 is 0 Å². The Morgan fingerprint density at radius 2 is 2.14 bits per heavy atom. The summed E-state index contributed by atoms with van der Waals surface area (Å²) in [7, 11) is 0. The van der Waals surface area contributed by atoms with Crippen LogP contribution in [0.4, 0.5) is 5.95 Å². The van der Waals surface area contributed by atoms with Crippen LogP contribution in [-0.4, -0.2) is 24.9 Å². The fraction of sp³-hybridized carbons (Fsp3) is 0. The molecular formula is C7H6N6O. The molecule has 14 heavy (non-hydrogen) atoms. The van der Waals surface area contributed by atoms with Gasteiger partial charge in [0.15, 0.2) is 11.3 Å². The van der Waals surface area contributed by atoms with Crippen LogP contribution in [0.15, 0.2) is 11.1 Å². The number of hydrogen-bond acceptors (Lipinski definition) is 4. The second-order valence-electron chi connectivity index (χ2n) is 2.93. The average Bonchev–Trinajstić information content (AvgIpc) is 2.60. The third-order valence-corrected chi connectivity index (χ3v) is 2.06. The summed E-state index contributed by atoms with van der Waals surface area (Å²) in [6.07, 6.45) is 1.51. The zero-order valence-corrected chi connectivity index (χ0v) is 6.96. The number of H-pyrrole nitrogens is 3. The number of hydrogen-bond donors (Lipinski definition) is 4. The molecule has 70 valence electrons. The van der Waals surface area contributed by atoms with Crippen LogP contribution in [0.3, 0.4) is 0 Å². The number of aromatic nitrogens is 5. The van der Waals surface area contributed by atoms with Crippen molar-refractivity contribution in [1.29, 1.82) is 0 Å². The highest BCUT2D eigenvalue weighted by atomic mass is 16.1. The molecule has 0 amide bonds. The van der Waals surface area contributed by atoms with Gasteiger partial charge in [0, 0.05) is 0 Å². The van der Waals surface area contributed by atoms with E-state index in [0.717, 1.165) is 0 Å². The molecule has 7 nitrogen and oxygen atoms in total. The Kier molecular flexibility index (Phi) is 1.09. The van der Waals surface area contributed by atoms with E-state index in [1.54, 1.807) is 0 Å². The summed E-state index contributed by atoms with van der Waals surface area (Å²) in [5, 5.41) is 0.451. The molecule has 0 radical (unpaired) electrons.